The average Bonchev–Trinajstić information content (AvgIpc) is 3.12. The second kappa shape index (κ2) is 8.83. The molecule has 3 aromatic rings. The number of hydrogen-bond donors (Lipinski definition) is 2. The summed E-state index contributed by atoms with van der Waals surface area (Å²) in [5.41, 5.74) is 2.61. The van der Waals surface area contributed by atoms with Crippen LogP contribution in [0, 0.1) is 0 Å². The van der Waals surface area contributed by atoms with Crippen LogP contribution in [0.25, 0.3) is 11.3 Å². The molecule has 1 atom stereocenters. The maximum Gasteiger partial charge on any atom is 0.239 e. The number of anilines is 2. The zero-order chi connectivity index (χ0) is 19.2. The van der Waals surface area contributed by atoms with Crippen LogP contribution in [0.1, 0.15) is 13.8 Å². The Morgan fingerprint density at radius 2 is 1.74 bits per heavy atom. The predicted octanol–water partition coefficient (Wildman–Crippen LogP) is 4.89. The molecule has 5 nitrogen and oxygen atoms in total. The summed E-state index contributed by atoms with van der Waals surface area (Å²) in [7, 11) is 0. The van der Waals surface area contributed by atoms with Gasteiger partial charge >= 0.3 is 0 Å². The van der Waals surface area contributed by atoms with Gasteiger partial charge in [-0.3, -0.25) is 9.59 Å². The van der Waals surface area contributed by atoms with Crippen LogP contribution in [-0.2, 0) is 9.59 Å². The Hall–Kier alpha value is -2.64. The molecule has 138 valence electrons. The fourth-order valence-electron chi connectivity index (χ4n) is 2.36. The number of nitrogens with one attached hydrogen (secondary N) is 2. The van der Waals surface area contributed by atoms with Crippen LogP contribution in [0.4, 0.5) is 10.8 Å². The third-order valence-electron chi connectivity index (χ3n) is 3.66. The molecule has 0 bridgehead atoms. The summed E-state index contributed by atoms with van der Waals surface area (Å²) in [5.74, 6) is -0.207. The number of aromatic nitrogens is 1. The third kappa shape index (κ3) is 5.42. The smallest absolute Gasteiger partial charge is 0.239 e. The van der Waals surface area contributed by atoms with Crippen LogP contribution in [-0.4, -0.2) is 22.0 Å². The minimum Gasteiger partial charge on any atom is -0.326 e. The summed E-state index contributed by atoms with van der Waals surface area (Å²) in [6, 6.07) is 17.3. The second-order valence-corrected chi connectivity index (χ2v) is 8.13. The molecule has 0 radical (unpaired) electrons. The van der Waals surface area contributed by atoms with Crippen molar-refractivity contribution in [2.24, 2.45) is 0 Å². The minimum atomic E-state index is -0.277. The Kier molecular flexibility index (Phi) is 6.26. The zero-order valence-corrected chi connectivity index (χ0v) is 16.6. The van der Waals surface area contributed by atoms with Gasteiger partial charge in [0.05, 0.1) is 10.9 Å². The van der Waals surface area contributed by atoms with Gasteiger partial charge in [0.2, 0.25) is 11.8 Å². The van der Waals surface area contributed by atoms with Crippen molar-refractivity contribution >= 4 is 45.7 Å². The van der Waals surface area contributed by atoms with Gasteiger partial charge in [-0.15, -0.1) is 23.1 Å². The maximum absolute atomic E-state index is 12.5. The molecule has 2 N–H and O–H groups in total. The van der Waals surface area contributed by atoms with Crippen LogP contribution in [0.3, 0.4) is 0 Å². The molecule has 3 rings (SSSR count). The number of carbonyl (C=O) groups excluding carboxylic acids is 2. The first kappa shape index (κ1) is 19.1. The number of amides is 2. The molecule has 0 spiro atoms. The fourth-order valence-corrected chi connectivity index (χ4v) is 3.95. The molecule has 7 heteroatoms. The maximum atomic E-state index is 12.5. The van der Waals surface area contributed by atoms with E-state index in [0.717, 1.165) is 21.8 Å². The van der Waals surface area contributed by atoms with Gasteiger partial charge in [-0.1, -0.05) is 30.3 Å². The topological polar surface area (TPSA) is 71.1 Å². The van der Waals surface area contributed by atoms with Crippen molar-refractivity contribution in [3.8, 4) is 11.3 Å². The molecule has 1 aromatic heterocycles. The van der Waals surface area contributed by atoms with Crippen LogP contribution in [0.2, 0.25) is 0 Å². The van der Waals surface area contributed by atoms with Crippen molar-refractivity contribution < 1.29 is 9.59 Å². The molecule has 0 saturated heterocycles. The lowest BCUT2D eigenvalue weighted by Gasteiger charge is -2.11. The van der Waals surface area contributed by atoms with E-state index in [1.54, 1.807) is 0 Å². The van der Waals surface area contributed by atoms with Crippen LogP contribution in [0.15, 0.2) is 64.9 Å². The summed E-state index contributed by atoms with van der Waals surface area (Å²) in [4.78, 5) is 29.0. The SMILES string of the molecule is CC(=O)Nc1ccc(S[C@@H](C)C(=O)Nc2nc(-c3ccccc3)cs2)cc1. The average molecular weight is 398 g/mol. The number of carbonyl (C=O) groups is 2. The molecule has 0 aliphatic heterocycles. The summed E-state index contributed by atoms with van der Waals surface area (Å²) < 4.78 is 0. The van der Waals surface area contributed by atoms with E-state index in [0.29, 0.717) is 5.13 Å². The highest BCUT2D eigenvalue weighted by Gasteiger charge is 2.16. The molecule has 27 heavy (non-hydrogen) atoms. The number of nitrogens with zero attached hydrogens (tertiary/aromatic N) is 1. The van der Waals surface area contributed by atoms with E-state index in [4.69, 9.17) is 0 Å². The monoisotopic (exact) mass is 397 g/mol. The third-order valence-corrected chi connectivity index (χ3v) is 5.53. The first-order valence-electron chi connectivity index (χ1n) is 8.37. The van der Waals surface area contributed by atoms with Gasteiger partial charge in [0, 0.05) is 28.5 Å². The zero-order valence-electron chi connectivity index (χ0n) is 14.9. The minimum absolute atomic E-state index is 0.0973. The lowest BCUT2D eigenvalue weighted by molar-refractivity contribution is -0.115. The molecule has 0 saturated carbocycles. The number of rotatable bonds is 6. The molecular weight excluding hydrogens is 378 g/mol. The van der Waals surface area contributed by atoms with Gasteiger partial charge in [0.25, 0.3) is 0 Å². The van der Waals surface area contributed by atoms with Crippen molar-refractivity contribution in [2.75, 3.05) is 10.6 Å². The molecule has 2 aromatic carbocycles. The molecule has 0 fully saturated rings. The Morgan fingerprint density at radius 1 is 1.04 bits per heavy atom. The number of thiazole rings is 1. The normalized spacial score (nSPS) is 11.6. The van der Waals surface area contributed by atoms with Crippen molar-refractivity contribution in [3.63, 3.8) is 0 Å². The van der Waals surface area contributed by atoms with E-state index < -0.39 is 0 Å². The summed E-state index contributed by atoms with van der Waals surface area (Å²) in [6.45, 7) is 3.32. The van der Waals surface area contributed by atoms with Gasteiger partial charge in [-0.2, -0.15) is 0 Å². The van der Waals surface area contributed by atoms with E-state index in [1.807, 2.05) is 66.9 Å². The van der Waals surface area contributed by atoms with Gasteiger partial charge in [0.15, 0.2) is 5.13 Å². The van der Waals surface area contributed by atoms with Crippen molar-refractivity contribution in [1.82, 2.24) is 4.98 Å². The number of benzene rings is 2. The van der Waals surface area contributed by atoms with Gasteiger partial charge in [0.1, 0.15) is 0 Å². The van der Waals surface area contributed by atoms with E-state index in [9.17, 15) is 9.59 Å². The van der Waals surface area contributed by atoms with Crippen molar-refractivity contribution in [2.45, 2.75) is 24.0 Å². The lowest BCUT2D eigenvalue weighted by atomic mass is 10.2. The summed E-state index contributed by atoms with van der Waals surface area (Å²) >= 11 is 2.87. The first-order valence-corrected chi connectivity index (χ1v) is 10.1. The predicted molar refractivity (Wildman–Crippen MR) is 112 cm³/mol. The van der Waals surface area contributed by atoms with E-state index in [1.165, 1.54) is 30.0 Å². The van der Waals surface area contributed by atoms with Crippen LogP contribution >= 0.6 is 23.1 Å². The van der Waals surface area contributed by atoms with Gasteiger partial charge in [-0.05, 0) is 31.2 Å². The van der Waals surface area contributed by atoms with Crippen LogP contribution < -0.4 is 10.6 Å². The van der Waals surface area contributed by atoms with Gasteiger partial charge < -0.3 is 10.6 Å². The van der Waals surface area contributed by atoms with E-state index in [-0.39, 0.29) is 17.1 Å². The van der Waals surface area contributed by atoms with Gasteiger partial charge in [-0.25, -0.2) is 4.98 Å². The van der Waals surface area contributed by atoms with Crippen molar-refractivity contribution in [1.29, 1.82) is 0 Å². The Bertz CT molecular complexity index is 924. The lowest BCUT2D eigenvalue weighted by Crippen LogP contribution is -2.22. The quantitative estimate of drug-likeness (QED) is 0.581. The molecule has 0 aliphatic carbocycles. The Balaban J connectivity index is 1.58. The Morgan fingerprint density at radius 3 is 2.41 bits per heavy atom. The molecule has 0 unspecified atom stereocenters. The fraction of sp³-hybridized carbons (Fsp3) is 0.150. The Labute approximate surface area is 166 Å². The molecule has 1 heterocycles. The number of hydrogen-bond acceptors (Lipinski definition) is 5. The highest BCUT2D eigenvalue weighted by atomic mass is 32.2. The summed E-state index contributed by atoms with van der Waals surface area (Å²) in [5, 5.41) is 7.85. The van der Waals surface area contributed by atoms with E-state index >= 15 is 0 Å². The highest BCUT2D eigenvalue weighted by molar-refractivity contribution is 8.00. The molecule has 2 amide bonds. The first-order chi connectivity index (χ1) is 13.0. The highest BCUT2D eigenvalue weighted by Crippen LogP contribution is 2.28. The second-order valence-electron chi connectivity index (χ2n) is 5.86. The van der Waals surface area contributed by atoms with Crippen LogP contribution in [0.5, 0.6) is 0 Å². The standard InChI is InChI=1S/C20H19N3O2S2/c1-13(27-17-10-8-16(9-11-17)21-14(2)24)19(25)23-20-22-18(12-26-20)15-6-4-3-5-7-15/h3-13H,1-2H3,(H,21,24)(H,22,23,25)/t13-/m0/s1. The molecular formula is C20H19N3O2S2. The largest absolute Gasteiger partial charge is 0.326 e. The van der Waals surface area contributed by atoms with E-state index in [2.05, 4.69) is 15.6 Å². The summed E-state index contributed by atoms with van der Waals surface area (Å²) in [6.07, 6.45) is 0. The molecule has 0 aliphatic rings. The van der Waals surface area contributed by atoms with Crippen molar-refractivity contribution in [3.05, 3.63) is 60.0 Å². The number of thioether (sulfide) groups is 1.